The van der Waals surface area contributed by atoms with Crippen LogP contribution >= 0.6 is 0 Å². The topological polar surface area (TPSA) is 58.2 Å². The molecule has 0 spiro atoms. The summed E-state index contributed by atoms with van der Waals surface area (Å²) in [6.45, 7) is 5.55. The second-order valence-electron chi connectivity index (χ2n) is 3.58. The van der Waals surface area contributed by atoms with E-state index < -0.39 is 10.0 Å². The minimum absolute atomic E-state index is 0.313. The Morgan fingerprint density at radius 2 is 2.00 bits per heavy atom. The van der Waals surface area contributed by atoms with Crippen molar-refractivity contribution in [1.82, 2.24) is 10.0 Å². The first-order valence-electron chi connectivity index (χ1n) is 5.25. The van der Waals surface area contributed by atoms with E-state index in [0.29, 0.717) is 11.4 Å². The van der Waals surface area contributed by atoms with Crippen molar-refractivity contribution in [3.8, 4) is 0 Å². The quantitative estimate of drug-likeness (QED) is 0.810. The molecule has 0 aliphatic heterocycles. The van der Waals surface area contributed by atoms with E-state index in [9.17, 15) is 8.42 Å². The average Bonchev–Trinajstić information content (AvgIpc) is 2.27. The highest BCUT2D eigenvalue weighted by Gasteiger charge is 2.12. The standard InChI is InChI=1S/C11H18N2O2S/c1-4-13-8-10-7-11(6-5-9(10)2)16(14,15)12-3/h5-7,12-13H,4,8H2,1-3H3. The molecule has 2 N–H and O–H groups in total. The highest BCUT2D eigenvalue weighted by molar-refractivity contribution is 7.89. The minimum Gasteiger partial charge on any atom is -0.313 e. The van der Waals surface area contributed by atoms with Gasteiger partial charge in [-0.3, -0.25) is 0 Å². The third kappa shape index (κ3) is 3.04. The van der Waals surface area contributed by atoms with Crippen LogP contribution in [0.1, 0.15) is 18.1 Å². The van der Waals surface area contributed by atoms with Gasteiger partial charge in [0.05, 0.1) is 4.90 Å². The lowest BCUT2D eigenvalue weighted by atomic mass is 10.1. The molecule has 0 aliphatic carbocycles. The van der Waals surface area contributed by atoms with Crippen LogP contribution < -0.4 is 10.0 Å². The van der Waals surface area contributed by atoms with Crippen molar-refractivity contribution >= 4 is 10.0 Å². The zero-order valence-electron chi connectivity index (χ0n) is 9.87. The third-order valence-electron chi connectivity index (χ3n) is 2.47. The molecule has 0 unspecified atom stereocenters. The fraction of sp³-hybridized carbons (Fsp3) is 0.455. The number of rotatable bonds is 5. The lowest BCUT2D eigenvalue weighted by Crippen LogP contribution is -2.19. The van der Waals surface area contributed by atoms with Crippen LogP contribution in [-0.4, -0.2) is 22.0 Å². The van der Waals surface area contributed by atoms with E-state index in [1.807, 2.05) is 19.9 Å². The van der Waals surface area contributed by atoms with E-state index in [1.54, 1.807) is 12.1 Å². The molecule has 1 aromatic rings. The monoisotopic (exact) mass is 242 g/mol. The van der Waals surface area contributed by atoms with Gasteiger partial charge in [0.25, 0.3) is 0 Å². The number of benzene rings is 1. The van der Waals surface area contributed by atoms with Gasteiger partial charge in [-0.15, -0.1) is 0 Å². The summed E-state index contributed by atoms with van der Waals surface area (Å²) in [6.07, 6.45) is 0. The Bertz CT molecular complexity index is 455. The van der Waals surface area contributed by atoms with Gasteiger partial charge < -0.3 is 5.32 Å². The largest absolute Gasteiger partial charge is 0.313 e. The Kier molecular flexibility index (Phi) is 4.46. The van der Waals surface area contributed by atoms with E-state index in [-0.39, 0.29) is 0 Å². The van der Waals surface area contributed by atoms with Gasteiger partial charge in [0.15, 0.2) is 0 Å². The Hall–Kier alpha value is -0.910. The molecule has 5 heteroatoms. The molecule has 1 aromatic carbocycles. The Balaban J connectivity index is 3.07. The van der Waals surface area contributed by atoms with Crippen molar-refractivity contribution in [1.29, 1.82) is 0 Å². The average molecular weight is 242 g/mol. The predicted octanol–water partition coefficient (Wildman–Crippen LogP) is 1.01. The van der Waals surface area contributed by atoms with Gasteiger partial charge >= 0.3 is 0 Å². The maximum atomic E-state index is 11.6. The van der Waals surface area contributed by atoms with Crippen molar-refractivity contribution in [3.05, 3.63) is 29.3 Å². The van der Waals surface area contributed by atoms with Gasteiger partial charge in [-0.1, -0.05) is 13.0 Å². The summed E-state index contributed by atoms with van der Waals surface area (Å²) >= 11 is 0. The lowest BCUT2D eigenvalue weighted by molar-refractivity contribution is 0.588. The van der Waals surface area contributed by atoms with Crippen LogP contribution in [0.15, 0.2) is 23.1 Å². The Morgan fingerprint density at radius 1 is 1.31 bits per heavy atom. The van der Waals surface area contributed by atoms with Gasteiger partial charge in [0.2, 0.25) is 10.0 Å². The van der Waals surface area contributed by atoms with Crippen LogP contribution in [0, 0.1) is 6.92 Å². The summed E-state index contributed by atoms with van der Waals surface area (Å²) in [5.74, 6) is 0. The number of hydrogen-bond donors (Lipinski definition) is 2. The van der Waals surface area contributed by atoms with E-state index in [0.717, 1.165) is 17.7 Å². The summed E-state index contributed by atoms with van der Waals surface area (Å²) in [6, 6.07) is 5.16. The minimum atomic E-state index is -3.34. The summed E-state index contributed by atoms with van der Waals surface area (Å²) < 4.78 is 25.5. The normalized spacial score (nSPS) is 11.7. The zero-order valence-corrected chi connectivity index (χ0v) is 10.7. The molecule has 0 bridgehead atoms. The molecule has 4 nitrogen and oxygen atoms in total. The van der Waals surface area contributed by atoms with Crippen LogP contribution in [-0.2, 0) is 16.6 Å². The number of sulfonamides is 1. The number of nitrogens with one attached hydrogen (secondary N) is 2. The smallest absolute Gasteiger partial charge is 0.240 e. The lowest BCUT2D eigenvalue weighted by Gasteiger charge is -2.09. The molecule has 90 valence electrons. The number of aryl methyl sites for hydroxylation is 1. The highest BCUT2D eigenvalue weighted by atomic mass is 32.2. The highest BCUT2D eigenvalue weighted by Crippen LogP contribution is 2.15. The molecule has 0 aliphatic rings. The molecule has 0 amide bonds. The van der Waals surface area contributed by atoms with E-state index in [1.165, 1.54) is 7.05 Å². The van der Waals surface area contributed by atoms with Crippen LogP contribution in [0.5, 0.6) is 0 Å². The first-order chi connectivity index (χ1) is 7.51. The van der Waals surface area contributed by atoms with Crippen molar-refractivity contribution in [3.63, 3.8) is 0 Å². The first-order valence-corrected chi connectivity index (χ1v) is 6.73. The van der Waals surface area contributed by atoms with Gasteiger partial charge in [-0.25, -0.2) is 13.1 Å². The molecule has 16 heavy (non-hydrogen) atoms. The molecule has 0 saturated carbocycles. The molecule has 0 atom stereocenters. The van der Waals surface area contributed by atoms with Crippen LogP contribution in [0.4, 0.5) is 0 Å². The van der Waals surface area contributed by atoms with Crippen LogP contribution in [0.3, 0.4) is 0 Å². The van der Waals surface area contributed by atoms with Gasteiger partial charge in [-0.2, -0.15) is 0 Å². The number of hydrogen-bond acceptors (Lipinski definition) is 3. The molecule has 0 fully saturated rings. The summed E-state index contributed by atoms with van der Waals surface area (Å²) in [5.41, 5.74) is 2.11. The maximum absolute atomic E-state index is 11.6. The molecule has 0 heterocycles. The van der Waals surface area contributed by atoms with Crippen LogP contribution in [0.25, 0.3) is 0 Å². The van der Waals surface area contributed by atoms with Gasteiger partial charge in [-0.05, 0) is 43.8 Å². The van der Waals surface area contributed by atoms with E-state index in [2.05, 4.69) is 10.0 Å². The van der Waals surface area contributed by atoms with Crippen molar-refractivity contribution in [2.75, 3.05) is 13.6 Å². The van der Waals surface area contributed by atoms with Crippen LogP contribution in [0.2, 0.25) is 0 Å². The van der Waals surface area contributed by atoms with Crippen molar-refractivity contribution < 1.29 is 8.42 Å². The van der Waals surface area contributed by atoms with Crippen molar-refractivity contribution in [2.45, 2.75) is 25.3 Å². The molecular formula is C11H18N2O2S. The SMILES string of the molecule is CCNCc1cc(S(=O)(=O)NC)ccc1C. The van der Waals surface area contributed by atoms with Crippen molar-refractivity contribution in [2.24, 2.45) is 0 Å². The first kappa shape index (κ1) is 13.2. The molecule has 0 aromatic heterocycles. The zero-order chi connectivity index (χ0) is 12.2. The Morgan fingerprint density at radius 3 is 2.56 bits per heavy atom. The van der Waals surface area contributed by atoms with E-state index in [4.69, 9.17) is 0 Å². The van der Waals surface area contributed by atoms with E-state index >= 15 is 0 Å². The van der Waals surface area contributed by atoms with Gasteiger partial charge in [0.1, 0.15) is 0 Å². The molecule has 1 rings (SSSR count). The summed E-state index contributed by atoms with van der Waals surface area (Å²) in [5, 5.41) is 3.19. The van der Waals surface area contributed by atoms with Gasteiger partial charge in [0, 0.05) is 6.54 Å². The predicted molar refractivity (Wildman–Crippen MR) is 64.8 cm³/mol. The fourth-order valence-corrected chi connectivity index (χ4v) is 2.16. The maximum Gasteiger partial charge on any atom is 0.240 e. The third-order valence-corrected chi connectivity index (χ3v) is 3.88. The summed E-state index contributed by atoms with van der Waals surface area (Å²) in [4.78, 5) is 0.313. The Labute approximate surface area is 97.1 Å². The molecule has 0 radical (unpaired) electrons. The second kappa shape index (κ2) is 5.43. The fourth-order valence-electron chi connectivity index (χ4n) is 1.38. The molecular weight excluding hydrogens is 224 g/mol. The molecule has 0 saturated heterocycles. The summed E-state index contributed by atoms with van der Waals surface area (Å²) in [7, 11) is -1.92. The second-order valence-corrected chi connectivity index (χ2v) is 5.46.